The van der Waals surface area contributed by atoms with Crippen molar-refractivity contribution in [2.45, 2.75) is 12.5 Å². The van der Waals surface area contributed by atoms with Gasteiger partial charge in [-0.05, 0) is 24.1 Å². The Kier molecular flexibility index (Phi) is 3.44. The topological polar surface area (TPSA) is 60.8 Å². The fraction of sp³-hybridized carbons (Fsp3) is 0.308. The minimum atomic E-state index is -0.804. The first-order chi connectivity index (χ1) is 8.16. The summed E-state index contributed by atoms with van der Waals surface area (Å²) in [5.74, 6) is -0.606. The maximum atomic E-state index is 11.2. The lowest BCUT2D eigenvalue weighted by atomic mass is 10.0. The largest absolute Gasteiger partial charge is 0.508 e. The molecule has 0 aromatic heterocycles. The number of hydrogen-bond donors (Lipinski definition) is 2. The molecule has 0 spiro atoms. The van der Waals surface area contributed by atoms with E-state index in [1.54, 1.807) is 24.3 Å². The van der Waals surface area contributed by atoms with E-state index in [4.69, 9.17) is 0 Å². The first-order valence-corrected chi connectivity index (χ1v) is 5.56. The molecule has 0 amide bonds. The molecule has 90 valence electrons. The molecule has 0 saturated carbocycles. The highest BCUT2D eigenvalue weighted by molar-refractivity contribution is 5.74. The quantitative estimate of drug-likeness (QED) is 0.769. The van der Waals surface area contributed by atoms with Crippen LogP contribution in [0.2, 0.25) is 0 Å². The fourth-order valence-electron chi connectivity index (χ4n) is 1.98. The van der Waals surface area contributed by atoms with Crippen LogP contribution < -0.4 is 0 Å². The molecule has 0 saturated heterocycles. The van der Waals surface area contributed by atoms with Gasteiger partial charge < -0.3 is 10.2 Å². The van der Waals surface area contributed by atoms with Crippen LogP contribution in [-0.4, -0.2) is 40.2 Å². The molecule has 0 bridgehead atoms. The first-order valence-electron chi connectivity index (χ1n) is 5.56. The fourth-order valence-corrected chi connectivity index (χ4v) is 1.98. The second kappa shape index (κ2) is 5.01. The Labute approximate surface area is 99.8 Å². The zero-order valence-corrected chi connectivity index (χ0v) is 9.41. The summed E-state index contributed by atoms with van der Waals surface area (Å²) in [4.78, 5) is 13.2. The van der Waals surface area contributed by atoms with Crippen LogP contribution in [0.3, 0.4) is 0 Å². The second-order valence-electron chi connectivity index (χ2n) is 4.15. The van der Waals surface area contributed by atoms with E-state index in [1.807, 2.05) is 17.1 Å². The van der Waals surface area contributed by atoms with Gasteiger partial charge >= 0.3 is 5.97 Å². The molecule has 1 atom stereocenters. The summed E-state index contributed by atoms with van der Waals surface area (Å²) >= 11 is 0. The predicted octanol–water partition coefficient (Wildman–Crippen LogP) is 1.26. The number of carbonyl (C=O) groups is 1. The molecular weight excluding hydrogens is 218 g/mol. The molecular formula is C13H15NO3. The lowest BCUT2D eigenvalue weighted by molar-refractivity contribution is -0.142. The van der Waals surface area contributed by atoms with Crippen LogP contribution in [-0.2, 0) is 11.2 Å². The number of phenols is 1. The van der Waals surface area contributed by atoms with Crippen LogP contribution in [0.5, 0.6) is 5.75 Å². The number of carboxylic acids is 1. The van der Waals surface area contributed by atoms with Crippen LogP contribution in [0.1, 0.15) is 5.56 Å². The van der Waals surface area contributed by atoms with E-state index < -0.39 is 12.0 Å². The van der Waals surface area contributed by atoms with Crippen LogP contribution in [0, 0.1) is 0 Å². The zero-order chi connectivity index (χ0) is 12.3. The molecule has 2 N–H and O–H groups in total. The summed E-state index contributed by atoms with van der Waals surface area (Å²) in [5.41, 5.74) is 0.919. The highest BCUT2D eigenvalue weighted by Gasteiger charge is 2.25. The van der Waals surface area contributed by atoms with Gasteiger partial charge in [0, 0.05) is 13.1 Å². The number of hydrogen-bond acceptors (Lipinski definition) is 3. The van der Waals surface area contributed by atoms with Gasteiger partial charge in [-0.2, -0.15) is 0 Å². The van der Waals surface area contributed by atoms with Crippen molar-refractivity contribution in [3.05, 3.63) is 42.0 Å². The van der Waals surface area contributed by atoms with Gasteiger partial charge in [-0.1, -0.05) is 24.3 Å². The number of carboxylic acid groups (broad SMARTS) is 1. The van der Waals surface area contributed by atoms with Crippen molar-refractivity contribution in [2.75, 3.05) is 13.1 Å². The molecule has 1 aromatic carbocycles. The summed E-state index contributed by atoms with van der Waals surface area (Å²) in [6.07, 6.45) is 4.41. The molecule has 1 aliphatic heterocycles. The van der Waals surface area contributed by atoms with Gasteiger partial charge in [0.1, 0.15) is 11.8 Å². The van der Waals surface area contributed by atoms with Crippen molar-refractivity contribution < 1.29 is 15.0 Å². The lowest BCUT2D eigenvalue weighted by Gasteiger charge is -2.23. The highest BCUT2D eigenvalue weighted by atomic mass is 16.4. The third kappa shape index (κ3) is 2.85. The van der Waals surface area contributed by atoms with Crippen molar-refractivity contribution in [1.82, 2.24) is 4.90 Å². The standard InChI is InChI=1S/C13H15NO3/c15-11-5-3-10(4-6-11)9-12(13(16)17)14-7-1-2-8-14/h1-6,12,15H,7-9H2,(H,16,17). The average Bonchev–Trinajstić information content (AvgIpc) is 2.81. The smallest absolute Gasteiger partial charge is 0.321 e. The average molecular weight is 233 g/mol. The van der Waals surface area contributed by atoms with Crippen LogP contribution >= 0.6 is 0 Å². The molecule has 0 radical (unpaired) electrons. The Morgan fingerprint density at radius 2 is 1.82 bits per heavy atom. The van der Waals surface area contributed by atoms with Gasteiger partial charge in [0.2, 0.25) is 0 Å². The number of nitrogens with zero attached hydrogens (tertiary/aromatic N) is 1. The number of phenolic OH excluding ortho intramolecular Hbond substituents is 1. The Morgan fingerprint density at radius 3 is 2.35 bits per heavy atom. The molecule has 1 heterocycles. The summed E-state index contributed by atoms with van der Waals surface area (Å²) in [6.45, 7) is 1.38. The van der Waals surface area contributed by atoms with Crippen LogP contribution in [0.15, 0.2) is 36.4 Å². The molecule has 2 rings (SSSR count). The molecule has 0 fully saturated rings. The summed E-state index contributed by atoms with van der Waals surface area (Å²) in [7, 11) is 0. The third-order valence-electron chi connectivity index (χ3n) is 2.94. The van der Waals surface area contributed by atoms with Gasteiger partial charge in [0.25, 0.3) is 0 Å². The number of aromatic hydroxyl groups is 1. The first kappa shape index (κ1) is 11.7. The van der Waals surface area contributed by atoms with Crippen LogP contribution in [0.4, 0.5) is 0 Å². The molecule has 0 aliphatic carbocycles. The lowest BCUT2D eigenvalue weighted by Crippen LogP contribution is -2.41. The van der Waals surface area contributed by atoms with E-state index in [0.29, 0.717) is 19.5 Å². The van der Waals surface area contributed by atoms with Gasteiger partial charge in [-0.15, -0.1) is 0 Å². The monoisotopic (exact) mass is 233 g/mol. The molecule has 4 nitrogen and oxygen atoms in total. The number of aliphatic carboxylic acids is 1. The maximum absolute atomic E-state index is 11.2. The molecule has 17 heavy (non-hydrogen) atoms. The number of benzene rings is 1. The van der Waals surface area contributed by atoms with E-state index in [9.17, 15) is 15.0 Å². The molecule has 1 aliphatic rings. The Hall–Kier alpha value is -1.81. The van der Waals surface area contributed by atoms with E-state index in [-0.39, 0.29) is 5.75 Å². The van der Waals surface area contributed by atoms with Crippen molar-refractivity contribution in [1.29, 1.82) is 0 Å². The van der Waals surface area contributed by atoms with Crippen molar-refractivity contribution >= 4 is 5.97 Å². The second-order valence-corrected chi connectivity index (χ2v) is 4.15. The van der Waals surface area contributed by atoms with Gasteiger partial charge in [0.05, 0.1) is 0 Å². The summed E-state index contributed by atoms with van der Waals surface area (Å²) in [6, 6.07) is 6.17. The van der Waals surface area contributed by atoms with Gasteiger partial charge in [-0.25, -0.2) is 0 Å². The third-order valence-corrected chi connectivity index (χ3v) is 2.94. The van der Waals surface area contributed by atoms with Crippen molar-refractivity contribution in [3.8, 4) is 5.75 Å². The Balaban J connectivity index is 2.07. The van der Waals surface area contributed by atoms with E-state index in [0.717, 1.165) is 5.56 Å². The van der Waals surface area contributed by atoms with Crippen LogP contribution in [0.25, 0.3) is 0 Å². The Bertz CT molecular complexity index is 417. The van der Waals surface area contributed by atoms with Gasteiger partial charge in [0.15, 0.2) is 0 Å². The maximum Gasteiger partial charge on any atom is 0.321 e. The molecule has 4 heteroatoms. The van der Waals surface area contributed by atoms with E-state index in [2.05, 4.69) is 0 Å². The SMILES string of the molecule is O=C(O)C(Cc1ccc(O)cc1)N1CC=CC1. The molecule has 1 aromatic rings. The Morgan fingerprint density at radius 1 is 1.24 bits per heavy atom. The highest BCUT2D eigenvalue weighted by Crippen LogP contribution is 2.15. The summed E-state index contributed by atoms with van der Waals surface area (Å²) in [5, 5.41) is 18.4. The minimum Gasteiger partial charge on any atom is -0.508 e. The van der Waals surface area contributed by atoms with Crippen molar-refractivity contribution in [3.63, 3.8) is 0 Å². The normalized spacial score (nSPS) is 17.2. The van der Waals surface area contributed by atoms with Crippen molar-refractivity contribution in [2.24, 2.45) is 0 Å². The predicted molar refractivity (Wildman–Crippen MR) is 63.9 cm³/mol. The number of rotatable bonds is 4. The summed E-state index contributed by atoms with van der Waals surface area (Å²) < 4.78 is 0. The van der Waals surface area contributed by atoms with E-state index >= 15 is 0 Å². The minimum absolute atomic E-state index is 0.198. The van der Waals surface area contributed by atoms with Gasteiger partial charge in [-0.3, -0.25) is 9.69 Å². The van der Waals surface area contributed by atoms with E-state index in [1.165, 1.54) is 0 Å². The molecule has 1 unspecified atom stereocenters. The zero-order valence-electron chi connectivity index (χ0n) is 9.41.